The lowest BCUT2D eigenvalue weighted by Gasteiger charge is -2.30. The second-order valence-electron chi connectivity index (χ2n) is 7.65. The zero-order valence-electron chi connectivity index (χ0n) is 16.9. The highest BCUT2D eigenvalue weighted by Gasteiger charge is 2.43. The summed E-state index contributed by atoms with van der Waals surface area (Å²) in [5, 5.41) is 14.7. The highest BCUT2D eigenvalue weighted by Crippen LogP contribution is 2.49. The van der Waals surface area contributed by atoms with Crippen LogP contribution < -0.4 is 16.6 Å². The van der Waals surface area contributed by atoms with Gasteiger partial charge in [0.1, 0.15) is 5.82 Å². The van der Waals surface area contributed by atoms with E-state index >= 15 is 0 Å². The van der Waals surface area contributed by atoms with E-state index in [0.717, 1.165) is 4.57 Å². The number of nitrogens with zero attached hydrogens (tertiary/aromatic N) is 3. The molecule has 1 aromatic heterocycles. The molecule has 10 heteroatoms. The Kier molecular flexibility index (Phi) is 4.22. The molecule has 2 aromatic carbocycles. The maximum Gasteiger partial charge on any atom is 0.332 e. The van der Waals surface area contributed by atoms with Gasteiger partial charge in [-0.25, -0.2) is 4.79 Å². The molecule has 1 N–H and O–H groups in total. The van der Waals surface area contributed by atoms with Crippen LogP contribution in [-0.4, -0.2) is 19.8 Å². The van der Waals surface area contributed by atoms with Crippen LogP contribution in [0.3, 0.4) is 0 Å². The third kappa shape index (κ3) is 2.54. The molecule has 1 aliphatic heterocycles. The quantitative estimate of drug-likeness (QED) is 0.474. The van der Waals surface area contributed by atoms with Gasteiger partial charge in [0.15, 0.2) is 5.78 Å². The normalized spacial score (nSPS) is 16.3. The summed E-state index contributed by atoms with van der Waals surface area (Å²) in [5.41, 5.74) is 0.751. The predicted octanol–water partition coefficient (Wildman–Crippen LogP) is 2.81. The molecule has 32 heavy (non-hydrogen) atoms. The molecular formula is C22H15ClN4O5. The molecule has 2 aliphatic rings. The Hall–Kier alpha value is -3.98. The van der Waals surface area contributed by atoms with Gasteiger partial charge >= 0.3 is 5.69 Å². The number of hydrogen-bond acceptors (Lipinski definition) is 6. The van der Waals surface area contributed by atoms with Gasteiger partial charge < -0.3 is 5.32 Å². The molecule has 1 aliphatic carbocycles. The van der Waals surface area contributed by atoms with E-state index in [1.807, 2.05) is 0 Å². The predicted molar refractivity (Wildman–Crippen MR) is 118 cm³/mol. The standard InChI is InChI=1S/C22H15ClN4O5/c1-25-20-17(21(29)26(2)22(25)30)15(13-9-10(27(31)32)7-8-14(13)23)16-18(24-20)11-5-3-4-6-12(11)19(16)28/h3-9,15,24H,1-2H3/t15-/m0/s1. The molecule has 0 radical (unpaired) electrons. The lowest BCUT2D eigenvalue weighted by molar-refractivity contribution is -0.384. The Bertz CT molecular complexity index is 1530. The first-order chi connectivity index (χ1) is 15.2. The van der Waals surface area contributed by atoms with Gasteiger partial charge in [0, 0.05) is 48.0 Å². The van der Waals surface area contributed by atoms with Crippen LogP contribution in [0.4, 0.5) is 11.5 Å². The van der Waals surface area contributed by atoms with Crippen molar-refractivity contribution in [2.45, 2.75) is 5.92 Å². The van der Waals surface area contributed by atoms with Gasteiger partial charge in [-0.2, -0.15) is 0 Å². The van der Waals surface area contributed by atoms with Crippen LogP contribution in [0, 0.1) is 10.1 Å². The van der Waals surface area contributed by atoms with Gasteiger partial charge in [-0.3, -0.25) is 28.8 Å². The van der Waals surface area contributed by atoms with E-state index in [1.165, 1.54) is 36.9 Å². The summed E-state index contributed by atoms with van der Waals surface area (Å²) in [4.78, 5) is 50.2. The number of nitro groups is 1. The Morgan fingerprint density at radius 2 is 1.72 bits per heavy atom. The van der Waals surface area contributed by atoms with Crippen molar-refractivity contribution in [3.05, 3.63) is 106 Å². The van der Waals surface area contributed by atoms with E-state index in [0.29, 0.717) is 16.8 Å². The Labute approximate surface area is 185 Å². The first kappa shape index (κ1) is 20.0. The van der Waals surface area contributed by atoms with Gasteiger partial charge in [-0.05, 0) is 11.6 Å². The van der Waals surface area contributed by atoms with E-state index in [1.54, 1.807) is 24.3 Å². The van der Waals surface area contributed by atoms with Crippen molar-refractivity contribution in [2.75, 3.05) is 5.32 Å². The number of benzene rings is 2. The van der Waals surface area contributed by atoms with Crippen LogP contribution in [0.25, 0.3) is 5.70 Å². The van der Waals surface area contributed by atoms with Crippen molar-refractivity contribution < 1.29 is 9.72 Å². The fourth-order valence-corrected chi connectivity index (χ4v) is 4.66. The molecule has 0 bridgehead atoms. The number of hydrogen-bond donors (Lipinski definition) is 1. The third-order valence-electron chi connectivity index (χ3n) is 5.98. The average Bonchev–Trinajstić information content (AvgIpc) is 3.07. The van der Waals surface area contributed by atoms with Crippen molar-refractivity contribution in [3.8, 4) is 0 Å². The molecule has 3 aromatic rings. The van der Waals surface area contributed by atoms with Crippen LogP contribution in [0.5, 0.6) is 0 Å². The summed E-state index contributed by atoms with van der Waals surface area (Å²) < 4.78 is 2.22. The van der Waals surface area contributed by atoms with Gasteiger partial charge in [-0.15, -0.1) is 0 Å². The first-order valence-electron chi connectivity index (χ1n) is 9.61. The van der Waals surface area contributed by atoms with Gasteiger partial charge in [0.2, 0.25) is 0 Å². The highest BCUT2D eigenvalue weighted by molar-refractivity contribution is 6.32. The summed E-state index contributed by atoms with van der Waals surface area (Å²) in [5.74, 6) is -1.09. The number of carbonyl (C=O) groups excluding carboxylic acids is 1. The summed E-state index contributed by atoms with van der Waals surface area (Å²) in [6, 6.07) is 10.8. The molecule has 0 saturated carbocycles. The van der Waals surface area contributed by atoms with Crippen LogP contribution >= 0.6 is 11.6 Å². The number of nitro benzene ring substituents is 1. The van der Waals surface area contributed by atoms with Crippen LogP contribution in [0.2, 0.25) is 5.02 Å². The number of carbonyl (C=O) groups is 1. The highest BCUT2D eigenvalue weighted by atomic mass is 35.5. The van der Waals surface area contributed by atoms with Crippen molar-refractivity contribution in [1.82, 2.24) is 9.13 Å². The Morgan fingerprint density at radius 3 is 2.41 bits per heavy atom. The zero-order chi connectivity index (χ0) is 22.9. The number of aromatic nitrogens is 2. The van der Waals surface area contributed by atoms with E-state index in [4.69, 9.17) is 11.6 Å². The minimum atomic E-state index is -1.00. The number of halogens is 1. The fraction of sp³-hybridized carbons (Fsp3) is 0.136. The molecule has 5 rings (SSSR count). The second kappa shape index (κ2) is 6.76. The largest absolute Gasteiger partial charge is 0.340 e. The molecule has 9 nitrogen and oxygen atoms in total. The molecule has 1 atom stereocenters. The maximum atomic E-state index is 13.5. The van der Waals surface area contributed by atoms with Gasteiger partial charge in [-0.1, -0.05) is 35.9 Å². The molecule has 0 fully saturated rings. The van der Waals surface area contributed by atoms with Gasteiger partial charge in [0.25, 0.3) is 11.2 Å². The smallest absolute Gasteiger partial charge is 0.332 e. The molecule has 0 amide bonds. The van der Waals surface area contributed by atoms with Crippen LogP contribution in [-0.2, 0) is 14.1 Å². The second-order valence-corrected chi connectivity index (χ2v) is 8.06. The number of fused-ring (bicyclic) bond motifs is 3. The first-order valence-corrected chi connectivity index (χ1v) is 9.99. The van der Waals surface area contributed by atoms with E-state index in [9.17, 15) is 24.5 Å². The van der Waals surface area contributed by atoms with E-state index < -0.39 is 22.1 Å². The lowest BCUT2D eigenvalue weighted by atomic mass is 9.81. The topological polar surface area (TPSA) is 116 Å². The van der Waals surface area contributed by atoms with Crippen molar-refractivity contribution in [1.29, 1.82) is 0 Å². The summed E-state index contributed by atoms with van der Waals surface area (Å²) >= 11 is 6.46. The Balaban J connectivity index is 1.92. The zero-order valence-corrected chi connectivity index (χ0v) is 17.6. The maximum absolute atomic E-state index is 13.5. The fourth-order valence-electron chi connectivity index (χ4n) is 4.43. The summed E-state index contributed by atoms with van der Waals surface area (Å²) in [7, 11) is 2.85. The van der Waals surface area contributed by atoms with E-state index in [-0.39, 0.29) is 39.0 Å². The number of Topliss-reactive ketones (excluding diaryl/α,β-unsaturated/α-hetero) is 1. The molecule has 2 heterocycles. The molecule has 0 spiro atoms. The number of nitrogens with one attached hydrogen (secondary N) is 1. The number of anilines is 1. The summed E-state index contributed by atoms with van der Waals surface area (Å²) in [6.07, 6.45) is 0. The minimum Gasteiger partial charge on any atom is -0.340 e. The number of ketones is 1. The summed E-state index contributed by atoms with van der Waals surface area (Å²) in [6.45, 7) is 0. The number of rotatable bonds is 2. The molecule has 0 unspecified atom stereocenters. The van der Waals surface area contributed by atoms with Crippen molar-refractivity contribution in [3.63, 3.8) is 0 Å². The molecule has 160 valence electrons. The third-order valence-corrected chi connectivity index (χ3v) is 6.32. The number of non-ortho nitro benzene ring substituents is 1. The minimum absolute atomic E-state index is 0.122. The number of allylic oxidation sites excluding steroid dienone is 1. The van der Waals surface area contributed by atoms with E-state index in [2.05, 4.69) is 5.32 Å². The van der Waals surface area contributed by atoms with Crippen LogP contribution in [0.15, 0.2) is 57.6 Å². The van der Waals surface area contributed by atoms with Gasteiger partial charge in [0.05, 0.1) is 22.1 Å². The average molecular weight is 451 g/mol. The lowest BCUT2D eigenvalue weighted by Crippen LogP contribution is -2.42. The van der Waals surface area contributed by atoms with Crippen molar-refractivity contribution in [2.24, 2.45) is 14.1 Å². The molecular weight excluding hydrogens is 436 g/mol. The van der Waals surface area contributed by atoms with Crippen LogP contribution in [0.1, 0.15) is 33.0 Å². The Morgan fingerprint density at radius 1 is 1.03 bits per heavy atom. The van der Waals surface area contributed by atoms with Crippen molar-refractivity contribution >= 4 is 34.6 Å². The monoisotopic (exact) mass is 450 g/mol. The SMILES string of the molecule is Cn1c2c(c(=O)n(C)c1=O)[C@@H](c1cc([N+](=O)[O-])ccc1Cl)C1=C(N2)c2ccccc2C1=O. The molecule has 0 saturated heterocycles.